The van der Waals surface area contributed by atoms with Crippen molar-refractivity contribution in [1.82, 2.24) is 4.98 Å². The SMILES string of the molecule is CC(C)(O)C(=O)O[C@]1(C)CO[C@@]23CC[C@@]4(C)[C@@](O)(CC[C@H]5Cc6c([nH]c7ccccc67)[C@@]54C)C2=CC(=O)[C@@H]1O3. The number of rotatable bonds is 2. The van der Waals surface area contributed by atoms with Gasteiger partial charge in [0.15, 0.2) is 28.9 Å². The Labute approximate surface area is 227 Å². The lowest BCUT2D eigenvalue weighted by molar-refractivity contribution is -0.351. The minimum atomic E-state index is -1.73. The maximum atomic E-state index is 13.6. The van der Waals surface area contributed by atoms with Crippen LogP contribution in [0.15, 0.2) is 35.9 Å². The zero-order valence-electron chi connectivity index (χ0n) is 23.2. The topological polar surface area (TPSA) is 118 Å². The molecule has 7 rings (SSSR count). The van der Waals surface area contributed by atoms with Crippen molar-refractivity contribution in [1.29, 1.82) is 0 Å². The Kier molecular flexibility index (Phi) is 4.83. The number of para-hydroxylation sites is 1. The molecule has 1 aromatic heterocycles. The van der Waals surface area contributed by atoms with Gasteiger partial charge in [-0.3, -0.25) is 4.79 Å². The highest BCUT2D eigenvalue weighted by Gasteiger charge is 2.74. The number of carbonyl (C=O) groups is 2. The van der Waals surface area contributed by atoms with Crippen molar-refractivity contribution in [2.75, 3.05) is 6.61 Å². The van der Waals surface area contributed by atoms with Crippen molar-refractivity contribution in [3.05, 3.63) is 47.2 Å². The van der Waals surface area contributed by atoms with Crippen LogP contribution in [0.4, 0.5) is 0 Å². The molecule has 1 saturated heterocycles. The summed E-state index contributed by atoms with van der Waals surface area (Å²) in [7, 11) is 0. The van der Waals surface area contributed by atoms with Gasteiger partial charge in [0, 0.05) is 39.4 Å². The number of nitrogens with one attached hydrogen (secondary N) is 1. The number of ether oxygens (including phenoxy) is 3. The number of H-pyrrole nitrogens is 1. The first-order valence-corrected chi connectivity index (χ1v) is 14.1. The van der Waals surface area contributed by atoms with E-state index >= 15 is 0 Å². The van der Waals surface area contributed by atoms with Crippen molar-refractivity contribution in [2.24, 2.45) is 11.3 Å². The molecule has 7 atom stereocenters. The van der Waals surface area contributed by atoms with Crippen LogP contribution in [0.3, 0.4) is 0 Å². The minimum absolute atomic E-state index is 0.0819. The Morgan fingerprint density at radius 1 is 1.15 bits per heavy atom. The third-order valence-corrected chi connectivity index (χ3v) is 11.1. The molecule has 5 aliphatic rings. The van der Waals surface area contributed by atoms with Crippen LogP contribution in [0.5, 0.6) is 0 Å². The molecule has 0 radical (unpaired) electrons. The Balaban J connectivity index is 1.31. The molecule has 3 heterocycles. The fraction of sp³-hybridized carbons (Fsp3) is 0.613. The summed E-state index contributed by atoms with van der Waals surface area (Å²) in [5.74, 6) is -2.11. The summed E-state index contributed by atoms with van der Waals surface area (Å²) in [6, 6.07) is 8.38. The summed E-state index contributed by atoms with van der Waals surface area (Å²) in [4.78, 5) is 29.9. The first-order valence-electron chi connectivity index (χ1n) is 14.1. The van der Waals surface area contributed by atoms with E-state index in [-0.39, 0.29) is 17.8 Å². The van der Waals surface area contributed by atoms with Gasteiger partial charge in [0.1, 0.15) is 0 Å². The molecular formula is C31H37NO7. The molecule has 3 N–H and O–H groups in total. The maximum absolute atomic E-state index is 13.6. The molecule has 2 saturated carbocycles. The van der Waals surface area contributed by atoms with Crippen molar-refractivity contribution in [3.63, 3.8) is 0 Å². The van der Waals surface area contributed by atoms with Crippen LogP contribution in [0.25, 0.3) is 10.9 Å². The molecular weight excluding hydrogens is 498 g/mol. The van der Waals surface area contributed by atoms with Gasteiger partial charge in [-0.05, 0) is 70.1 Å². The van der Waals surface area contributed by atoms with Crippen LogP contribution in [-0.4, -0.2) is 62.3 Å². The van der Waals surface area contributed by atoms with Crippen molar-refractivity contribution < 1.29 is 34.0 Å². The van der Waals surface area contributed by atoms with E-state index in [0.29, 0.717) is 30.8 Å². The van der Waals surface area contributed by atoms with Gasteiger partial charge >= 0.3 is 5.97 Å². The predicted molar refractivity (Wildman–Crippen MR) is 142 cm³/mol. The second kappa shape index (κ2) is 7.40. The lowest BCUT2D eigenvalue weighted by atomic mass is 9.42. The number of benzene rings is 1. The zero-order chi connectivity index (χ0) is 27.8. The molecule has 2 aromatic rings. The number of esters is 1. The molecule has 208 valence electrons. The smallest absolute Gasteiger partial charge is 0.338 e. The summed E-state index contributed by atoms with van der Waals surface area (Å²) < 4.78 is 18.4. The molecule has 8 heteroatoms. The first kappa shape index (κ1) is 25.4. The standard InChI is InChI=1S/C31H37NO7/c1-26(2,35)25(34)39-27(3)16-37-31-13-12-28(4)29(5)17(14-19-18-8-6-7-9-20(18)32-23(19)29)10-11-30(28,36)22(31)15-21(33)24(27)38-31/h6-9,15,17,24,32,35-36H,10-14,16H2,1-5H3/t17-,24-,27+,28+,29+,30+,31+/m0/s1. The van der Waals surface area contributed by atoms with Crippen molar-refractivity contribution in [2.45, 2.75) is 101 Å². The first-order chi connectivity index (χ1) is 18.2. The van der Waals surface area contributed by atoms with E-state index in [1.807, 2.05) is 6.07 Å². The van der Waals surface area contributed by atoms with Gasteiger partial charge in [-0.1, -0.05) is 32.0 Å². The molecule has 39 heavy (non-hydrogen) atoms. The predicted octanol–water partition coefficient (Wildman–Crippen LogP) is 3.62. The molecule has 8 nitrogen and oxygen atoms in total. The second-order valence-electron chi connectivity index (χ2n) is 13.6. The molecule has 0 unspecified atom stereocenters. The highest BCUT2D eigenvalue weighted by Crippen LogP contribution is 2.71. The number of aromatic amines is 1. The largest absolute Gasteiger partial charge is 0.451 e. The van der Waals surface area contributed by atoms with Gasteiger partial charge in [-0.15, -0.1) is 0 Å². The highest BCUT2D eigenvalue weighted by atomic mass is 16.7. The van der Waals surface area contributed by atoms with Crippen LogP contribution in [0.2, 0.25) is 0 Å². The summed E-state index contributed by atoms with van der Waals surface area (Å²) >= 11 is 0. The van der Waals surface area contributed by atoms with Gasteiger partial charge in [0.05, 0.1) is 12.2 Å². The normalized spacial score (nSPS) is 42.7. The number of hydrogen-bond acceptors (Lipinski definition) is 7. The number of aromatic nitrogens is 1. The molecule has 3 aliphatic carbocycles. The monoisotopic (exact) mass is 535 g/mol. The molecule has 2 bridgehead atoms. The van der Waals surface area contributed by atoms with E-state index in [4.69, 9.17) is 14.2 Å². The van der Waals surface area contributed by atoms with E-state index in [2.05, 4.69) is 37.0 Å². The van der Waals surface area contributed by atoms with Crippen LogP contribution in [0.1, 0.15) is 71.6 Å². The Morgan fingerprint density at radius 2 is 1.90 bits per heavy atom. The van der Waals surface area contributed by atoms with Gasteiger partial charge in [0.2, 0.25) is 0 Å². The Bertz CT molecular complexity index is 1470. The molecule has 3 fully saturated rings. The summed E-state index contributed by atoms with van der Waals surface area (Å²) in [5, 5.41) is 24.1. The van der Waals surface area contributed by atoms with Gasteiger partial charge in [0.25, 0.3) is 0 Å². The summed E-state index contributed by atoms with van der Waals surface area (Å²) in [6.45, 7) is 8.63. The quantitative estimate of drug-likeness (QED) is 0.503. The molecule has 2 aliphatic heterocycles. The van der Waals surface area contributed by atoms with Crippen LogP contribution < -0.4 is 0 Å². The van der Waals surface area contributed by atoms with Crippen molar-refractivity contribution >= 4 is 22.7 Å². The van der Waals surface area contributed by atoms with E-state index in [1.54, 1.807) is 6.92 Å². The summed E-state index contributed by atoms with van der Waals surface area (Å²) in [5.41, 5.74) is -1.24. The Hall–Kier alpha value is -2.52. The van der Waals surface area contributed by atoms with Crippen LogP contribution in [-0.2, 0) is 35.6 Å². The van der Waals surface area contributed by atoms with E-state index in [1.165, 1.54) is 36.6 Å². The van der Waals surface area contributed by atoms with Gasteiger partial charge in [-0.25, -0.2) is 4.79 Å². The third-order valence-electron chi connectivity index (χ3n) is 11.1. The molecule has 1 aromatic carbocycles. The average molecular weight is 536 g/mol. The van der Waals surface area contributed by atoms with E-state index in [9.17, 15) is 19.8 Å². The number of carbonyl (C=O) groups excluding carboxylic acids is 2. The molecule has 0 amide bonds. The van der Waals surface area contributed by atoms with Crippen LogP contribution in [0, 0.1) is 11.3 Å². The lowest BCUT2D eigenvalue weighted by Gasteiger charge is -2.67. The number of hydrogen-bond donors (Lipinski definition) is 3. The Morgan fingerprint density at radius 3 is 2.64 bits per heavy atom. The fourth-order valence-corrected chi connectivity index (χ4v) is 8.66. The minimum Gasteiger partial charge on any atom is -0.451 e. The van der Waals surface area contributed by atoms with Crippen LogP contribution >= 0.6 is 0 Å². The molecule has 1 spiro atoms. The lowest BCUT2D eigenvalue weighted by Crippen LogP contribution is -2.74. The summed E-state index contributed by atoms with van der Waals surface area (Å²) in [6.07, 6.45) is 3.79. The second-order valence-corrected chi connectivity index (χ2v) is 13.6. The van der Waals surface area contributed by atoms with Crippen molar-refractivity contribution in [3.8, 4) is 0 Å². The number of aliphatic hydroxyl groups is 2. The maximum Gasteiger partial charge on any atom is 0.338 e. The third kappa shape index (κ3) is 2.93. The number of fused-ring (bicyclic) bond motifs is 9. The zero-order valence-corrected chi connectivity index (χ0v) is 23.2. The highest BCUT2D eigenvalue weighted by molar-refractivity contribution is 5.97. The van der Waals surface area contributed by atoms with E-state index in [0.717, 1.165) is 18.4 Å². The van der Waals surface area contributed by atoms with Gasteiger partial charge in [-0.2, -0.15) is 0 Å². The fourth-order valence-electron chi connectivity index (χ4n) is 8.66. The van der Waals surface area contributed by atoms with E-state index < -0.39 is 40.1 Å². The average Bonchev–Trinajstić information content (AvgIpc) is 3.39. The van der Waals surface area contributed by atoms with Gasteiger partial charge < -0.3 is 29.4 Å². The number of ketones is 1.